The molecule has 0 aromatic heterocycles. The van der Waals surface area contributed by atoms with Crippen LogP contribution < -0.4 is 5.32 Å². The minimum absolute atomic E-state index is 0.0639. The highest BCUT2D eigenvalue weighted by atomic mass is 16.5. The number of hydrogen-bond acceptors (Lipinski definition) is 3. The standard InChI is InChI=1S/C15H29NO2/c1-3-6-13-8-10-14(11-9-13)16-12-5-7-15(17)18-4-2/h13-14,16H,3-12H2,1-2H3. The molecule has 0 saturated heterocycles. The summed E-state index contributed by atoms with van der Waals surface area (Å²) in [6.07, 6.45) is 9.54. The van der Waals surface area contributed by atoms with Crippen molar-refractivity contribution < 1.29 is 9.53 Å². The summed E-state index contributed by atoms with van der Waals surface area (Å²) in [5, 5.41) is 3.57. The van der Waals surface area contributed by atoms with Crippen LogP contribution in [-0.4, -0.2) is 25.2 Å². The second kappa shape index (κ2) is 9.37. The topological polar surface area (TPSA) is 38.3 Å². The Morgan fingerprint density at radius 2 is 1.94 bits per heavy atom. The molecule has 3 heteroatoms. The van der Waals surface area contributed by atoms with E-state index >= 15 is 0 Å². The second-order valence-corrected chi connectivity index (χ2v) is 5.37. The number of carbonyl (C=O) groups is 1. The third-order valence-corrected chi connectivity index (χ3v) is 3.84. The average Bonchev–Trinajstić information content (AvgIpc) is 2.37. The molecular weight excluding hydrogens is 226 g/mol. The smallest absolute Gasteiger partial charge is 0.305 e. The summed E-state index contributed by atoms with van der Waals surface area (Å²) in [6, 6.07) is 0.681. The van der Waals surface area contributed by atoms with Gasteiger partial charge < -0.3 is 10.1 Å². The lowest BCUT2D eigenvalue weighted by atomic mass is 9.83. The highest BCUT2D eigenvalue weighted by molar-refractivity contribution is 5.69. The lowest BCUT2D eigenvalue weighted by Gasteiger charge is -2.29. The zero-order valence-electron chi connectivity index (χ0n) is 12.0. The van der Waals surface area contributed by atoms with E-state index in [-0.39, 0.29) is 5.97 Å². The first kappa shape index (κ1) is 15.5. The van der Waals surface area contributed by atoms with E-state index in [1.54, 1.807) is 0 Å². The Morgan fingerprint density at radius 1 is 1.22 bits per heavy atom. The van der Waals surface area contributed by atoms with E-state index < -0.39 is 0 Å². The maximum Gasteiger partial charge on any atom is 0.305 e. The highest BCUT2D eigenvalue weighted by Gasteiger charge is 2.19. The molecule has 18 heavy (non-hydrogen) atoms. The minimum atomic E-state index is -0.0639. The molecule has 1 rings (SSSR count). The van der Waals surface area contributed by atoms with E-state index in [9.17, 15) is 4.79 Å². The zero-order chi connectivity index (χ0) is 13.2. The van der Waals surface area contributed by atoms with E-state index in [0.29, 0.717) is 19.1 Å². The van der Waals surface area contributed by atoms with Crippen LogP contribution in [0.25, 0.3) is 0 Å². The van der Waals surface area contributed by atoms with Crippen molar-refractivity contribution in [2.24, 2.45) is 5.92 Å². The number of esters is 1. The van der Waals surface area contributed by atoms with Crippen LogP contribution in [0.4, 0.5) is 0 Å². The summed E-state index contributed by atoms with van der Waals surface area (Å²) in [4.78, 5) is 11.2. The molecule has 0 amide bonds. The third kappa shape index (κ3) is 6.39. The van der Waals surface area contributed by atoms with Crippen LogP contribution in [0.15, 0.2) is 0 Å². The van der Waals surface area contributed by atoms with E-state index in [1.165, 1.54) is 38.5 Å². The third-order valence-electron chi connectivity index (χ3n) is 3.84. The van der Waals surface area contributed by atoms with Gasteiger partial charge in [-0.15, -0.1) is 0 Å². The first-order chi connectivity index (χ1) is 8.76. The van der Waals surface area contributed by atoms with Gasteiger partial charge in [0, 0.05) is 12.5 Å². The van der Waals surface area contributed by atoms with Gasteiger partial charge in [0.25, 0.3) is 0 Å². The molecule has 0 aromatic carbocycles. The maximum absolute atomic E-state index is 11.2. The number of hydrogen-bond donors (Lipinski definition) is 1. The van der Waals surface area contributed by atoms with Gasteiger partial charge in [-0.25, -0.2) is 0 Å². The largest absolute Gasteiger partial charge is 0.466 e. The highest BCUT2D eigenvalue weighted by Crippen LogP contribution is 2.27. The van der Waals surface area contributed by atoms with E-state index in [0.717, 1.165) is 18.9 Å². The molecule has 0 aromatic rings. The quantitative estimate of drug-likeness (QED) is 0.534. The van der Waals surface area contributed by atoms with Gasteiger partial charge in [0.2, 0.25) is 0 Å². The van der Waals surface area contributed by atoms with Crippen molar-refractivity contribution >= 4 is 5.97 Å². The fourth-order valence-corrected chi connectivity index (χ4v) is 2.84. The van der Waals surface area contributed by atoms with Crippen LogP contribution in [-0.2, 0) is 9.53 Å². The lowest BCUT2D eigenvalue weighted by Crippen LogP contribution is -2.34. The van der Waals surface area contributed by atoms with Gasteiger partial charge in [-0.2, -0.15) is 0 Å². The molecule has 0 unspecified atom stereocenters. The van der Waals surface area contributed by atoms with Gasteiger partial charge in [-0.05, 0) is 51.5 Å². The summed E-state index contributed by atoms with van der Waals surface area (Å²) in [6.45, 7) is 5.57. The van der Waals surface area contributed by atoms with Crippen molar-refractivity contribution in [3.63, 3.8) is 0 Å². The summed E-state index contributed by atoms with van der Waals surface area (Å²) in [7, 11) is 0. The molecule has 1 aliphatic rings. The molecule has 0 aliphatic heterocycles. The maximum atomic E-state index is 11.2. The van der Waals surface area contributed by atoms with Gasteiger partial charge in [0.1, 0.15) is 0 Å². The molecule has 1 fully saturated rings. The molecule has 0 bridgehead atoms. The Morgan fingerprint density at radius 3 is 2.56 bits per heavy atom. The van der Waals surface area contributed by atoms with Gasteiger partial charge in [0.15, 0.2) is 0 Å². The van der Waals surface area contributed by atoms with E-state index in [2.05, 4.69) is 12.2 Å². The lowest BCUT2D eigenvalue weighted by molar-refractivity contribution is -0.143. The van der Waals surface area contributed by atoms with Crippen molar-refractivity contribution in [3.05, 3.63) is 0 Å². The molecule has 0 spiro atoms. The molecule has 0 atom stereocenters. The number of ether oxygens (including phenoxy) is 1. The fraction of sp³-hybridized carbons (Fsp3) is 0.933. The van der Waals surface area contributed by atoms with Gasteiger partial charge in [-0.1, -0.05) is 19.8 Å². The molecule has 1 N–H and O–H groups in total. The van der Waals surface area contributed by atoms with Crippen LogP contribution in [0.3, 0.4) is 0 Å². The van der Waals surface area contributed by atoms with E-state index in [1.807, 2.05) is 6.92 Å². The van der Waals surface area contributed by atoms with Crippen LogP contribution in [0.2, 0.25) is 0 Å². The first-order valence-corrected chi connectivity index (χ1v) is 7.65. The molecule has 0 heterocycles. The first-order valence-electron chi connectivity index (χ1n) is 7.65. The average molecular weight is 255 g/mol. The Hall–Kier alpha value is -0.570. The molecular formula is C15H29NO2. The monoisotopic (exact) mass is 255 g/mol. The Balaban J connectivity index is 1.99. The Bertz CT molecular complexity index is 223. The van der Waals surface area contributed by atoms with Crippen molar-refractivity contribution in [1.29, 1.82) is 0 Å². The van der Waals surface area contributed by atoms with Crippen molar-refractivity contribution in [1.82, 2.24) is 5.32 Å². The summed E-state index contributed by atoms with van der Waals surface area (Å²) in [5.74, 6) is 0.901. The SMILES string of the molecule is CCCC1CCC(NCCCC(=O)OCC)CC1. The minimum Gasteiger partial charge on any atom is -0.466 e. The van der Waals surface area contributed by atoms with Crippen LogP contribution >= 0.6 is 0 Å². The number of nitrogens with one attached hydrogen (secondary N) is 1. The molecule has 0 radical (unpaired) electrons. The summed E-state index contributed by atoms with van der Waals surface area (Å²) < 4.78 is 4.91. The molecule has 1 saturated carbocycles. The van der Waals surface area contributed by atoms with Crippen LogP contribution in [0, 0.1) is 5.92 Å². The van der Waals surface area contributed by atoms with Crippen molar-refractivity contribution in [2.45, 2.75) is 71.3 Å². The Labute approximate surface area is 112 Å². The van der Waals surface area contributed by atoms with E-state index in [4.69, 9.17) is 4.74 Å². The predicted octanol–water partition coefficient (Wildman–Crippen LogP) is 3.28. The Kier molecular flexibility index (Phi) is 8.06. The fourth-order valence-electron chi connectivity index (χ4n) is 2.84. The molecule has 1 aliphatic carbocycles. The van der Waals surface area contributed by atoms with Crippen molar-refractivity contribution in [2.75, 3.05) is 13.2 Å². The van der Waals surface area contributed by atoms with Gasteiger partial charge >= 0.3 is 5.97 Å². The van der Waals surface area contributed by atoms with Gasteiger partial charge in [0.05, 0.1) is 6.61 Å². The summed E-state index contributed by atoms with van der Waals surface area (Å²) >= 11 is 0. The zero-order valence-corrected chi connectivity index (χ0v) is 12.0. The number of carbonyl (C=O) groups excluding carboxylic acids is 1. The van der Waals surface area contributed by atoms with Crippen molar-refractivity contribution in [3.8, 4) is 0 Å². The predicted molar refractivity (Wildman–Crippen MR) is 74.5 cm³/mol. The number of rotatable bonds is 8. The summed E-state index contributed by atoms with van der Waals surface area (Å²) in [5.41, 5.74) is 0. The molecule has 106 valence electrons. The van der Waals surface area contributed by atoms with Gasteiger partial charge in [-0.3, -0.25) is 4.79 Å². The van der Waals surface area contributed by atoms with Crippen LogP contribution in [0.5, 0.6) is 0 Å². The van der Waals surface area contributed by atoms with Crippen LogP contribution in [0.1, 0.15) is 65.2 Å². The molecule has 3 nitrogen and oxygen atoms in total. The second-order valence-electron chi connectivity index (χ2n) is 5.37. The normalized spacial score (nSPS) is 23.9.